The molecule has 3 aromatic rings. The summed E-state index contributed by atoms with van der Waals surface area (Å²) in [6, 6.07) is 5.32. The molecular formula is C26H23F3N4O2. The predicted octanol–water partition coefficient (Wildman–Crippen LogP) is 4.04. The second-order valence-electron chi connectivity index (χ2n) is 8.95. The van der Waals surface area contributed by atoms with Crippen molar-refractivity contribution < 1.29 is 22.8 Å². The van der Waals surface area contributed by atoms with E-state index in [-0.39, 0.29) is 23.9 Å². The predicted molar refractivity (Wildman–Crippen MR) is 124 cm³/mol. The molecule has 1 saturated heterocycles. The fraction of sp³-hybridized carbons (Fsp3) is 0.308. The molecule has 0 unspecified atom stereocenters. The molecule has 5 rings (SSSR count). The van der Waals surface area contributed by atoms with Gasteiger partial charge in [-0.1, -0.05) is 6.07 Å². The highest BCUT2D eigenvalue weighted by Gasteiger charge is 2.31. The van der Waals surface area contributed by atoms with Crippen LogP contribution in [-0.2, 0) is 12.8 Å². The number of anilines is 1. The molecule has 1 atom stereocenters. The topological polar surface area (TPSA) is 89.2 Å². The maximum Gasteiger partial charge on any atom is 0.185 e. The van der Waals surface area contributed by atoms with Crippen LogP contribution in [0.2, 0.25) is 0 Å². The van der Waals surface area contributed by atoms with Crippen LogP contribution in [0.1, 0.15) is 51.4 Å². The fourth-order valence-corrected chi connectivity index (χ4v) is 4.92. The van der Waals surface area contributed by atoms with Gasteiger partial charge >= 0.3 is 0 Å². The Morgan fingerprint density at radius 2 is 1.83 bits per heavy atom. The molecule has 1 aromatic carbocycles. The first-order valence-corrected chi connectivity index (χ1v) is 11.5. The van der Waals surface area contributed by atoms with Crippen LogP contribution in [0.15, 0.2) is 36.5 Å². The monoisotopic (exact) mass is 480 g/mol. The summed E-state index contributed by atoms with van der Waals surface area (Å²) in [5, 5.41) is 0. The molecule has 0 radical (unpaired) electrons. The lowest BCUT2D eigenvalue weighted by molar-refractivity contribution is 0.0982. The van der Waals surface area contributed by atoms with E-state index >= 15 is 0 Å². The largest absolute Gasteiger partial charge is 0.369 e. The lowest BCUT2D eigenvalue weighted by atomic mass is 9.98. The second-order valence-corrected chi connectivity index (χ2v) is 8.95. The second kappa shape index (κ2) is 9.22. The van der Waals surface area contributed by atoms with E-state index in [4.69, 9.17) is 5.73 Å². The highest BCUT2D eigenvalue weighted by molar-refractivity contribution is 6.02. The summed E-state index contributed by atoms with van der Waals surface area (Å²) in [6.07, 6.45) is 4.09. The van der Waals surface area contributed by atoms with E-state index in [9.17, 15) is 22.8 Å². The molecule has 9 heteroatoms. The van der Waals surface area contributed by atoms with Gasteiger partial charge in [0.15, 0.2) is 11.6 Å². The Bertz CT molecular complexity index is 1320. The van der Waals surface area contributed by atoms with Gasteiger partial charge in [-0.25, -0.2) is 18.2 Å². The van der Waals surface area contributed by atoms with Gasteiger partial charge in [0, 0.05) is 55.0 Å². The van der Waals surface area contributed by atoms with Crippen molar-refractivity contribution in [2.24, 2.45) is 5.73 Å². The number of aromatic nitrogens is 2. The van der Waals surface area contributed by atoms with Crippen LogP contribution >= 0.6 is 0 Å². The van der Waals surface area contributed by atoms with Crippen LogP contribution < -0.4 is 10.6 Å². The van der Waals surface area contributed by atoms with Crippen LogP contribution in [0.5, 0.6) is 0 Å². The number of hydrogen-bond acceptors (Lipinski definition) is 6. The third-order valence-electron chi connectivity index (χ3n) is 6.55. The van der Waals surface area contributed by atoms with Gasteiger partial charge in [0.05, 0.1) is 5.56 Å². The van der Waals surface area contributed by atoms with Crippen molar-refractivity contribution >= 4 is 17.3 Å². The average Bonchev–Trinajstić information content (AvgIpc) is 3.20. The van der Waals surface area contributed by atoms with Crippen molar-refractivity contribution in [2.45, 2.75) is 38.1 Å². The first-order chi connectivity index (χ1) is 16.8. The molecule has 180 valence electrons. The minimum absolute atomic E-state index is 0.0230. The maximum absolute atomic E-state index is 14.5. The van der Waals surface area contributed by atoms with E-state index in [0.29, 0.717) is 30.6 Å². The first kappa shape index (κ1) is 23.2. The van der Waals surface area contributed by atoms with Crippen LogP contribution in [0.3, 0.4) is 0 Å². The smallest absolute Gasteiger partial charge is 0.185 e. The van der Waals surface area contributed by atoms with Crippen molar-refractivity contribution in [2.75, 3.05) is 18.0 Å². The van der Waals surface area contributed by atoms with Crippen molar-refractivity contribution in [3.8, 4) is 11.3 Å². The van der Waals surface area contributed by atoms with Gasteiger partial charge in [-0.3, -0.25) is 14.6 Å². The summed E-state index contributed by atoms with van der Waals surface area (Å²) in [5.41, 5.74) is 7.53. The molecule has 2 N–H and O–H groups in total. The number of nitrogens with zero attached hydrogens (tertiary/aromatic N) is 3. The summed E-state index contributed by atoms with van der Waals surface area (Å²) in [5.74, 6) is -3.38. The lowest BCUT2D eigenvalue weighted by Crippen LogP contribution is -2.43. The Balaban J connectivity index is 1.52. The molecule has 35 heavy (non-hydrogen) atoms. The SMILES string of the molecule is N[C@H]1CCCN(c2c(CC(=O)c3ccc(F)c(-c4c(F)cccc4F)n3)cnc3c2CCC3=O)C1. The van der Waals surface area contributed by atoms with Crippen LogP contribution in [0.25, 0.3) is 11.3 Å². The third-order valence-corrected chi connectivity index (χ3v) is 6.55. The Morgan fingerprint density at radius 3 is 2.57 bits per heavy atom. The molecule has 1 fully saturated rings. The number of halogens is 3. The molecule has 1 aliphatic carbocycles. The zero-order valence-corrected chi connectivity index (χ0v) is 18.9. The highest BCUT2D eigenvalue weighted by Crippen LogP contribution is 2.35. The van der Waals surface area contributed by atoms with Crippen LogP contribution in [-0.4, -0.2) is 40.7 Å². The van der Waals surface area contributed by atoms with Gasteiger partial charge in [-0.15, -0.1) is 0 Å². The van der Waals surface area contributed by atoms with E-state index in [2.05, 4.69) is 14.9 Å². The normalized spacial score (nSPS) is 17.5. The van der Waals surface area contributed by atoms with E-state index in [1.165, 1.54) is 18.3 Å². The van der Waals surface area contributed by atoms with Gasteiger partial charge in [-0.2, -0.15) is 0 Å². The Hall–Kier alpha value is -3.59. The molecule has 1 aliphatic heterocycles. The van der Waals surface area contributed by atoms with E-state index in [1.54, 1.807) is 0 Å². The number of Topliss-reactive ketones (excluding diaryl/α,β-unsaturated/α-hetero) is 2. The van der Waals surface area contributed by atoms with Crippen molar-refractivity contribution in [1.29, 1.82) is 0 Å². The third kappa shape index (κ3) is 4.32. The first-order valence-electron chi connectivity index (χ1n) is 11.5. The zero-order valence-electron chi connectivity index (χ0n) is 18.9. The van der Waals surface area contributed by atoms with Crippen molar-refractivity contribution in [1.82, 2.24) is 9.97 Å². The van der Waals surface area contributed by atoms with Gasteiger partial charge in [0.1, 0.15) is 34.5 Å². The minimum Gasteiger partial charge on any atom is -0.369 e. The number of carbonyl (C=O) groups is 2. The number of hydrogen-bond donors (Lipinski definition) is 1. The summed E-state index contributed by atoms with van der Waals surface area (Å²) in [7, 11) is 0. The standard InChI is InChI=1S/C26H23F3N4O2/c27-17-4-1-5-18(28)23(17)25-19(29)7-8-20(32-25)22(35)11-14-12-31-24-16(6-9-21(24)34)26(14)33-10-2-3-15(30)13-33/h1,4-5,7-8,12,15H,2-3,6,9-11,13,30H2/t15-/m0/s1. The number of benzene rings is 1. The van der Waals surface area contributed by atoms with Crippen LogP contribution in [0, 0.1) is 17.5 Å². The maximum atomic E-state index is 14.5. The molecule has 0 bridgehead atoms. The number of pyridine rings is 2. The lowest BCUT2D eigenvalue weighted by Gasteiger charge is -2.35. The quantitative estimate of drug-likeness (QED) is 0.555. The number of ketones is 2. The number of fused-ring (bicyclic) bond motifs is 1. The molecular weight excluding hydrogens is 457 g/mol. The summed E-state index contributed by atoms with van der Waals surface area (Å²) in [6.45, 7) is 1.34. The van der Waals surface area contributed by atoms with Gasteiger partial charge in [-0.05, 0) is 43.5 Å². The summed E-state index contributed by atoms with van der Waals surface area (Å²) >= 11 is 0. The van der Waals surface area contributed by atoms with E-state index < -0.39 is 34.5 Å². The molecule has 2 aromatic heterocycles. The number of rotatable bonds is 5. The number of carbonyl (C=O) groups excluding carboxylic acids is 2. The molecule has 0 amide bonds. The summed E-state index contributed by atoms with van der Waals surface area (Å²) in [4.78, 5) is 35.9. The van der Waals surface area contributed by atoms with Crippen LogP contribution in [0.4, 0.5) is 18.9 Å². The average molecular weight is 480 g/mol. The fourth-order valence-electron chi connectivity index (χ4n) is 4.92. The minimum atomic E-state index is -0.975. The Morgan fingerprint density at radius 1 is 1.06 bits per heavy atom. The molecule has 2 aliphatic rings. The molecule has 3 heterocycles. The molecule has 0 spiro atoms. The van der Waals surface area contributed by atoms with Gasteiger partial charge in [0.25, 0.3) is 0 Å². The highest BCUT2D eigenvalue weighted by atomic mass is 19.1. The zero-order chi connectivity index (χ0) is 24.7. The molecule has 6 nitrogen and oxygen atoms in total. The Labute approximate surface area is 200 Å². The molecule has 0 saturated carbocycles. The van der Waals surface area contributed by atoms with Crippen molar-refractivity contribution in [3.63, 3.8) is 0 Å². The van der Waals surface area contributed by atoms with Crippen molar-refractivity contribution in [3.05, 3.63) is 76.5 Å². The van der Waals surface area contributed by atoms with Gasteiger partial charge < -0.3 is 10.6 Å². The number of piperidine rings is 1. The van der Waals surface area contributed by atoms with E-state index in [1.807, 2.05) is 0 Å². The number of nitrogens with two attached hydrogens (primary N) is 1. The van der Waals surface area contributed by atoms with E-state index in [0.717, 1.165) is 48.8 Å². The summed E-state index contributed by atoms with van der Waals surface area (Å²) < 4.78 is 43.0. The van der Waals surface area contributed by atoms with Gasteiger partial charge in [0.2, 0.25) is 0 Å². The Kier molecular flexibility index (Phi) is 6.10.